The molecule has 1 aliphatic heterocycles. The second-order valence-corrected chi connectivity index (χ2v) is 3.53. The minimum Gasteiger partial charge on any atom is -0.303 e. The average molecular weight is 177 g/mol. The van der Waals surface area contributed by atoms with Crippen LogP contribution in [0, 0.1) is 0 Å². The third-order valence-electron chi connectivity index (χ3n) is 2.73. The molecule has 2 rings (SSSR count). The first kappa shape index (κ1) is 8.63. The van der Waals surface area contributed by atoms with Gasteiger partial charge in [-0.25, -0.2) is 0 Å². The van der Waals surface area contributed by atoms with Crippen LogP contribution in [0.2, 0.25) is 0 Å². The lowest BCUT2D eigenvalue weighted by molar-refractivity contribution is 0.353. The lowest BCUT2D eigenvalue weighted by Gasteiger charge is -2.11. The van der Waals surface area contributed by atoms with Gasteiger partial charge in [0, 0.05) is 18.7 Å². The average Bonchev–Trinajstić information content (AvgIpc) is 2.67. The zero-order valence-corrected chi connectivity index (χ0v) is 7.98. The van der Waals surface area contributed by atoms with Crippen LogP contribution in [-0.4, -0.2) is 34.7 Å². The molecule has 1 saturated heterocycles. The first-order valence-electron chi connectivity index (χ1n) is 4.90. The maximum atomic E-state index is 4.15. The molecule has 0 N–H and O–H groups in total. The molecule has 2 heterocycles. The SMILES string of the molecule is CCN1CCC(c2cccnn2)C1. The molecule has 0 bridgehead atoms. The normalized spacial score (nSPS) is 23.6. The third kappa shape index (κ3) is 1.86. The molecule has 0 aromatic carbocycles. The van der Waals surface area contributed by atoms with Crippen molar-refractivity contribution in [2.45, 2.75) is 19.3 Å². The Morgan fingerprint density at radius 3 is 3.15 bits per heavy atom. The van der Waals surface area contributed by atoms with E-state index in [0.29, 0.717) is 5.92 Å². The fourth-order valence-corrected chi connectivity index (χ4v) is 1.89. The van der Waals surface area contributed by atoms with Gasteiger partial charge in [0.15, 0.2) is 0 Å². The molecule has 70 valence electrons. The number of rotatable bonds is 2. The van der Waals surface area contributed by atoms with Gasteiger partial charge in [-0.05, 0) is 31.6 Å². The van der Waals surface area contributed by atoms with Gasteiger partial charge in [-0.15, -0.1) is 0 Å². The predicted molar refractivity (Wildman–Crippen MR) is 51.5 cm³/mol. The van der Waals surface area contributed by atoms with E-state index in [9.17, 15) is 0 Å². The highest BCUT2D eigenvalue weighted by Crippen LogP contribution is 2.24. The van der Waals surface area contributed by atoms with Crippen LogP contribution in [0.15, 0.2) is 18.3 Å². The number of aromatic nitrogens is 2. The van der Waals surface area contributed by atoms with E-state index >= 15 is 0 Å². The molecule has 1 aromatic rings. The smallest absolute Gasteiger partial charge is 0.0675 e. The quantitative estimate of drug-likeness (QED) is 0.681. The monoisotopic (exact) mass is 177 g/mol. The van der Waals surface area contributed by atoms with Crippen LogP contribution in [0.5, 0.6) is 0 Å². The van der Waals surface area contributed by atoms with Gasteiger partial charge in [0.1, 0.15) is 0 Å². The summed E-state index contributed by atoms with van der Waals surface area (Å²) < 4.78 is 0. The van der Waals surface area contributed by atoms with Crippen LogP contribution in [0.4, 0.5) is 0 Å². The fraction of sp³-hybridized carbons (Fsp3) is 0.600. The predicted octanol–water partition coefficient (Wildman–Crippen LogP) is 1.29. The molecule has 0 saturated carbocycles. The summed E-state index contributed by atoms with van der Waals surface area (Å²) >= 11 is 0. The summed E-state index contributed by atoms with van der Waals surface area (Å²) in [6.45, 7) is 5.71. The van der Waals surface area contributed by atoms with Crippen molar-refractivity contribution in [3.05, 3.63) is 24.0 Å². The van der Waals surface area contributed by atoms with Gasteiger partial charge in [0.25, 0.3) is 0 Å². The molecule has 3 nitrogen and oxygen atoms in total. The summed E-state index contributed by atoms with van der Waals surface area (Å²) in [6, 6.07) is 4.05. The zero-order valence-electron chi connectivity index (χ0n) is 7.98. The van der Waals surface area contributed by atoms with E-state index in [-0.39, 0.29) is 0 Å². The van der Waals surface area contributed by atoms with Crippen molar-refractivity contribution in [2.75, 3.05) is 19.6 Å². The van der Waals surface area contributed by atoms with E-state index in [1.54, 1.807) is 6.20 Å². The maximum Gasteiger partial charge on any atom is 0.0675 e. The summed E-state index contributed by atoms with van der Waals surface area (Å²) in [5.41, 5.74) is 1.15. The highest BCUT2D eigenvalue weighted by Gasteiger charge is 2.23. The van der Waals surface area contributed by atoms with Crippen molar-refractivity contribution < 1.29 is 0 Å². The van der Waals surface area contributed by atoms with Gasteiger partial charge in [-0.2, -0.15) is 10.2 Å². The van der Waals surface area contributed by atoms with Crippen molar-refractivity contribution in [1.82, 2.24) is 15.1 Å². The number of likely N-dealkylation sites (N-methyl/N-ethyl adjacent to an activating group) is 1. The molecule has 13 heavy (non-hydrogen) atoms. The van der Waals surface area contributed by atoms with Gasteiger partial charge in [-0.3, -0.25) is 0 Å². The van der Waals surface area contributed by atoms with E-state index in [0.717, 1.165) is 18.8 Å². The van der Waals surface area contributed by atoms with Crippen molar-refractivity contribution in [3.8, 4) is 0 Å². The highest BCUT2D eigenvalue weighted by atomic mass is 15.2. The Bertz CT molecular complexity index is 260. The maximum absolute atomic E-state index is 4.15. The molecule has 0 amide bonds. The molecular formula is C10H15N3. The van der Waals surface area contributed by atoms with E-state index in [1.165, 1.54) is 13.0 Å². The Morgan fingerprint density at radius 2 is 2.54 bits per heavy atom. The number of nitrogens with zero attached hydrogens (tertiary/aromatic N) is 3. The van der Waals surface area contributed by atoms with Crippen molar-refractivity contribution in [2.24, 2.45) is 0 Å². The molecule has 3 heteroatoms. The Labute approximate surface area is 78.8 Å². The van der Waals surface area contributed by atoms with Crippen LogP contribution in [-0.2, 0) is 0 Å². The van der Waals surface area contributed by atoms with E-state index in [4.69, 9.17) is 0 Å². The Hall–Kier alpha value is -0.960. The van der Waals surface area contributed by atoms with E-state index < -0.39 is 0 Å². The highest BCUT2D eigenvalue weighted by molar-refractivity contribution is 5.08. The van der Waals surface area contributed by atoms with Crippen LogP contribution in [0.25, 0.3) is 0 Å². The largest absolute Gasteiger partial charge is 0.303 e. The number of likely N-dealkylation sites (tertiary alicyclic amines) is 1. The van der Waals surface area contributed by atoms with Crippen LogP contribution >= 0.6 is 0 Å². The van der Waals surface area contributed by atoms with Crippen molar-refractivity contribution in [1.29, 1.82) is 0 Å². The van der Waals surface area contributed by atoms with Crippen LogP contribution in [0.3, 0.4) is 0 Å². The second kappa shape index (κ2) is 3.83. The van der Waals surface area contributed by atoms with E-state index in [2.05, 4.69) is 28.1 Å². The molecule has 1 aromatic heterocycles. The Morgan fingerprint density at radius 1 is 1.62 bits per heavy atom. The minimum atomic E-state index is 0.605. The van der Waals surface area contributed by atoms with Crippen LogP contribution < -0.4 is 0 Å². The minimum absolute atomic E-state index is 0.605. The molecule has 1 unspecified atom stereocenters. The first-order valence-corrected chi connectivity index (χ1v) is 4.90. The first-order chi connectivity index (χ1) is 6.40. The van der Waals surface area contributed by atoms with Gasteiger partial charge in [0.05, 0.1) is 5.69 Å². The molecule has 1 aliphatic rings. The molecule has 0 radical (unpaired) electrons. The van der Waals surface area contributed by atoms with Gasteiger partial charge >= 0.3 is 0 Å². The van der Waals surface area contributed by atoms with Gasteiger partial charge < -0.3 is 4.90 Å². The van der Waals surface area contributed by atoms with E-state index in [1.807, 2.05) is 6.07 Å². The van der Waals surface area contributed by atoms with Gasteiger partial charge in [0.2, 0.25) is 0 Å². The van der Waals surface area contributed by atoms with Crippen molar-refractivity contribution >= 4 is 0 Å². The summed E-state index contributed by atoms with van der Waals surface area (Å²) in [6.07, 6.45) is 2.96. The summed E-state index contributed by atoms with van der Waals surface area (Å²) in [7, 11) is 0. The molecule has 0 aliphatic carbocycles. The standard InChI is InChI=1S/C10H15N3/c1-2-13-7-5-9(8-13)10-4-3-6-11-12-10/h3-4,6,9H,2,5,7-8H2,1H3. The molecule has 0 spiro atoms. The topological polar surface area (TPSA) is 29.0 Å². The van der Waals surface area contributed by atoms with Gasteiger partial charge in [-0.1, -0.05) is 6.92 Å². The lowest BCUT2D eigenvalue weighted by atomic mass is 10.1. The molecular weight excluding hydrogens is 162 g/mol. The Kier molecular flexibility index (Phi) is 2.54. The molecule has 1 atom stereocenters. The second-order valence-electron chi connectivity index (χ2n) is 3.53. The summed E-state index contributed by atoms with van der Waals surface area (Å²) in [5.74, 6) is 0.605. The third-order valence-corrected chi connectivity index (χ3v) is 2.73. The van der Waals surface area contributed by atoms with Crippen molar-refractivity contribution in [3.63, 3.8) is 0 Å². The number of hydrogen-bond acceptors (Lipinski definition) is 3. The Balaban J connectivity index is 2.04. The lowest BCUT2D eigenvalue weighted by Crippen LogP contribution is -2.19. The fourth-order valence-electron chi connectivity index (χ4n) is 1.89. The van der Waals surface area contributed by atoms with Crippen LogP contribution in [0.1, 0.15) is 25.0 Å². The zero-order chi connectivity index (χ0) is 9.10. The number of hydrogen-bond donors (Lipinski definition) is 0. The summed E-state index contributed by atoms with van der Waals surface area (Å²) in [4.78, 5) is 2.46. The summed E-state index contributed by atoms with van der Waals surface area (Å²) in [5, 5.41) is 8.06. The molecule has 1 fully saturated rings.